The number of carbonyl (C=O) groups excluding carboxylic acids is 2. The molecule has 0 spiro atoms. The van der Waals surface area contributed by atoms with Crippen LogP contribution in [0.4, 0.5) is 0 Å². The number of hydrogen-bond acceptors (Lipinski definition) is 2. The summed E-state index contributed by atoms with van der Waals surface area (Å²) in [6.07, 6.45) is 0.327. The van der Waals surface area contributed by atoms with Crippen molar-refractivity contribution in [3.63, 3.8) is 0 Å². The highest BCUT2D eigenvalue weighted by molar-refractivity contribution is 6.36. The molecule has 1 aromatic rings. The van der Waals surface area contributed by atoms with E-state index in [1.807, 2.05) is 0 Å². The van der Waals surface area contributed by atoms with Gasteiger partial charge in [0, 0.05) is 25.0 Å². The van der Waals surface area contributed by atoms with Crippen LogP contribution in [0.15, 0.2) is 18.2 Å². The summed E-state index contributed by atoms with van der Waals surface area (Å²) in [6.45, 7) is 0.524. The molecule has 1 saturated heterocycles. The topological polar surface area (TPSA) is 49.4 Å². The molecule has 0 radical (unpaired) electrons. The lowest BCUT2D eigenvalue weighted by Gasteiger charge is -2.13. The molecule has 1 heterocycles. The summed E-state index contributed by atoms with van der Waals surface area (Å²) in [6, 6.07) is 4.53. The van der Waals surface area contributed by atoms with Gasteiger partial charge in [-0.15, -0.1) is 0 Å². The van der Waals surface area contributed by atoms with Gasteiger partial charge in [0.2, 0.25) is 5.91 Å². The number of nitrogens with zero attached hydrogens (tertiary/aromatic N) is 1. The normalized spacial score (nSPS) is 19.2. The van der Waals surface area contributed by atoms with Gasteiger partial charge in [0.15, 0.2) is 0 Å². The van der Waals surface area contributed by atoms with Crippen molar-refractivity contribution < 1.29 is 9.59 Å². The summed E-state index contributed by atoms with van der Waals surface area (Å²) in [5.74, 6) is -0.257. The fourth-order valence-corrected chi connectivity index (χ4v) is 2.39. The van der Waals surface area contributed by atoms with Crippen molar-refractivity contribution in [2.75, 3.05) is 13.6 Å². The number of likely N-dealkylation sites (N-methyl/N-ethyl adjacent to an activating group) is 1. The molecule has 1 aromatic carbocycles. The van der Waals surface area contributed by atoms with Crippen molar-refractivity contribution in [2.24, 2.45) is 0 Å². The second-order valence-corrected chi connectivity index (χ2v) is 5.12. The average Bonchev–Trinajstić information content (AvgIpc) is 2.57. The van der Waals surface area contributed by atoms with Gasteiger partial charge in [0.05, 0.1) is 16.6 Å². The molecule has 4 nitrogen and oxygen atoms in total. The Balaban J connectivity index is 2.06. The fourth-order valence-electron chi connectivity index (χ4n) is 1.90. The molecular formula is C12H12Cl2N2O2. The van der Waals surface area contributed by atoms with Gasteiger partial charge < -0.3 is 10.2 Å². The van der Waals surface area contributed by atoms with Crippen LogP contribution in [0.5, 0.6) is 0 Å². The van der Waals surface area contributed by atoms with Crippen molar-refractivity contribution in [2.45, 2.75) is 12.5 Å². The number of halogens is 2. The summed E-state index contributed by atoms with van der Waals surface area (Å²) < 4.78 is 0. The fraction of sp³-hybridized carbons (Fsp3) is 0.333. The van der Waals surface area contributed by atoms with E-state index in [0.717, 1.165) is 0 Å². The van der Waals surface area contributed by atoms with E-state index in [9.17, 15) is 9.59 Å². The second-order valence-electron chi connectivity index (χ2n) is 4.27. The summed E-state index contributed by atoms with van der Waals surface area (Å²) in [4.78, 5) is 24.9. The van der Waals surface area contributed by atoms with E-state index in [-0.39, 0.29) is 17.9 Å². The summed E-state index contributed by atoms with van der Waals surface area (Å²) in [5, 5.41) is 3.57. The molecule has 2 amide bonds. The van der Waals surface area contributed by atoms with Crippen LogP contribution in [-0.2, 0) is 4.79 Å². The molecule has 18 heavy (non-hydrogen) atoms. The second kappa shape index (κ2) is 5.16. The lowest BCUT2D eigenvalue weighted by Crippen LogP contribution is -2.36. The van der Waals surface area contributed by atoms with Crippen molar-refractivity contribution in [1.82, 2.24) is 10.2 Å². The zero-order valence-electron chi connectivity index (χ0n) is 9.74. The average molecular weight is 287 g/mol. The molecule has 96 valence electrons. The molecule has 1 N–H and O–H groups in total. The molecule has 0 saturated carbocycles. The Hall–Kier alpha value is -1.26. The monoisotopic (exact) mass is 286 g/mol. The Bertz CT molecular complexity index is 505. The lowest BCUT2D eigenvalue weighted by atomic mass is 10.2. The molecular weight excluding hydrogens is 275 g/mol. The molecule has 0 bridgehead atoms. The zero-order chi connectivity index (χ0) is 13.3. The zero-order valence-corrected chi connectivity index (χ0v) is 11.3. The Morgan fingerprint density at radius 1 is 1.44 bits per heavy atom. The molecule has 1 unspecified atom stereocenters. The van der Waals surface area contributed by atoms with E-state index >= 15 is 0 Å². The highest BCUT2D eigenvalue weighted by Crippen LogP contribution is 2.21. The van der Waals surface area contributed by atoms with Crippen LogP contribution >= 0.6 is 23.2 Å². The Morgan fingerprint density at radius 2 is 2.17 bits per heavy atom. The Morgan fingerprint density at radius 3 is 2.72 bits per heavy atom. The minimum atomic E-state index is -0.287. The number of likely N-dealkylation sites (tertiary alicyclic amines) is 1. The third-order valence-electron chi connectivity index (χ3n) is 2.85. The maximum atomic E-state index is 12.0. The van der Waals surface area contributed by atoms with E-state index in [1.165, 1.54) is 6.07 Å². The summed E-state index contributed by atoms with van der Waals surface area (Å²) in [7, 11) is 1.71. The molecule has 1 aliphatic rings. The first-order valence-electron chi connectivity index (χ1n) is 5.47. The molecule has 6 heteroatoms. The van der Waals surface area contributed by atoms with Gasteiger partial charge in [-0.25, -0.2) is 0 Å². The van der Waals surface area contributed by atoms with E-state index < -0.39 is 0 Å². The van der Waals surface area contributed by atoms with Crippen molar-refractivity contribution in [1.29, 1.82) is 0 Å². The minimum Gasteiger partial charge on any atom is -0.347 e. The molecule has 1 atom stereocenters. The summed E-state index contributed by atoms with van der Waals surface area (Å²) in [5.41, 5.74) is 0.364. The van der Waals surface area contributed by atoms with E-state index in [0.29, 0.717) is 28.6 Å². The van der Waals surface area contributed by atoms with Crippen molar-refractivity contribution in [3.8, 4) is 0 Å². The number of carbonyl (C=O) groups is 2. The molecule has 0 aliphatic carbocycles. The maximum absolute atomic E-state index is 12.0. The van der Waals surface area contributed by atoms with Gasteiger partial charge in [0.1, 0.15) is 0 Å². The molecule has 2 rings (SSSR count). The van der Waals surface area contributed by atoms with E-state index in [1.54, 1.807) is 24.1 Å². The SMILES string of the molecule is CN1CC(NC(=O)c2ccc(Cl)cc2Cl)CC1=O. The van der Waals surface area contributed by atoms with Crippen LogP contribution in [0.3, 0.4) is 0 Å². The van der Waals surface area contributed by atoms with Crippen LogP contribution in [0.2, 0.25) is 10.0 Å². The first kappa shape index (κ1) is 13.2. The van der Waals surface area contributed by atoms with Crippen LogP contribution < -0.4 is 5.32 Å². The smallest absolute Gasteiger partial charge is 0.253 e. The van der Waals surface area contributed by atoms with Gasteiger partial charge in [-0.1, -0.05) is 23.2 Å². The number of rotatable bonds is 2. The molecule has 0 aromatic heterocycles. The highest BCUT2D eigenvalue weighted by atomic mass is 35.5. The minimum absolute atomic E-state index is 0.0301. The van der Waals surface area contributed by atoms with E-state index in [2.05, 4.69) is 5.32 Å². The molecule has 1 aliphatic heterocycles. The Labute approximate surface area is 115 Å². The van der Waals surface area contributed by atoms with Crippen molar-refractivity contribution >= 4 is 35.0 Å². The highest BCUT2D eigenvalue weighted by Gasteiger charge is 2.28. The number of nitrogens with one attached hydrogen (secondary N) is 1. The van der Waals surface area contributed by atoms with E-state index in [4.69, 9.17) is 23.2 Å². The van der Waals surface area contributed by atoms with Crippen LogP contribution in [0, 0.1) is 0 Å². The third-order valence-corrected chi connectivity index (χ3v) is 3.40. The largest absolute Gasteiger partial charge is 0.347 e. The van der Waals surface area contributed by atoms with Crippen molar-refractivity contribution in [3.05, 3.63) is 33.8 Å². The van der Waals surface area contributed by atoms with Gasteiger partial charge in [0.25, 0.3) is 5.91 Å². The van der Waals surface area contributed by atoms with Gasteiger partial charge in [-0.05, 0) is 18.2 Å². The number of benzene rings is 1. The van der Waals surface area contributed by atoms with Crippen LogP contribution in [0.25, 0.3) is 0 Å². The van der Waals surface area contributed by atoms with Gasteiger partial charge in [-0.3, -0.25) is 9.59 Å². The molecule has 1 fully saturated rings. The van der Waals surface area contributed by atoms with Crippen LogP contribution in [-0.4, -0.2) is 36.3 Å². The standard InChI is InChI=1S/C12H12Cl2N2O2/c1-16-6-8(5-11(16)17)15-12(18)9-3-2-7(13)4-10(9)14/h2-4,8H,5-6H2,1H3,(H,15,18). The van der Waals surface area contributed by atoms with Gasteiger partial charge >= 0.3 is 0 Å². The predicted octanol–water partition coefficient (Wildman–Crippen LogP) is 1.95. The first-order valence-corrected chi connectivity index (χ1v) is 6.23. The maximum Gasteiger partial charge on any atom is 0.253 e. The summed E-state index contributed by atoms with van der Waals surface area (Å²) >= 11 is 11.7. The Kier molecular flexibility index (Phi) is 3.78. The lowest BCUT2D eigenvalue weighted by molar-refractivity contribution is -0.126. The quantitative estimate of drug-likeness (QED) is 0.904. The van der Waals surface area contributed by atoms with Gasteiger partial charge in [-0.2, -0.15) is 0 Å². The first-order chi connectivity index (χ1) is 8.47. The van der Waals surface area contributed by atoms with Crippen LogP contribution in [0.1, 0.15) is 16.8 Å². The predicted molar refractivity (Wildman–Crippen MR) is 70.0 cm³/mol. The number of amides is 2. The third kappa shape index (κ3) is 2.76. The number of hydrogen-bond donors (Lipinski definition) is 1.